The Kier molecular flexibility index (Phi) is 5.94. The number of rotatable bonds is 5. The summed E-state index contributed by atoms with van der Waals surface area (Å²) < 4.78 is 10.5. The van der Waals surface area contributed by atoms with Crippen molar-refractivity contribution in [1.29, 1.82) is 0 Å². The lowest BCUT2D eigenvalue weighted by atomic mass is 10.2. The van der Waals surface area contributed by atoms with E-state index in [1.807, 2.05) is 13.0 Å². The van der Waals surface area contributed by atoms with Gasteiger partial charge in [0, 0.05) is 35.4 Å². The fourth-order valence-electron chi connectivity index (χ4n) is 3.07. The minimum atomic E-state index is -0.383. The summed E-state index contributed by atoms with van der Waals surface area (Å²) in [5.74, 6) is 1.05. The van der Waals surface area contributed by atoms with Crippen LogP contribution in [0.2, 0.25) is 5.02 Å². The van der Waals surface area contributed by atoms with E-state index in [0.717, 1.165) is 5.56 Å². The first-order valence-electron chi connectivity index (χ1n) is 8.77. The number of aryl methyl sites for hydroxylation is 1. The Bertz CT molecular complexity index is 903. The lowest BCUT2D eigenvalue weighted by Crippen LogP contribution is -2.39. The van der Waals surface area contributed by atoms with Crippen LogP contribution in [0.15, 0.2) is 36.4 Å². The highest BCUT2D eigenvalue weighted by Crippen LogP contribution is 2.33. The van der Waals surface area contributed by atoms with Crippen LogP contribution in [-0.2, 0) is 4.79 Å². The average molecular weight is 404 g/mol. The van der Waals surface area contributed by atoms with E-state index in [9.17, 15) is 9.59 Å². The predicted molar refractivity (Wildman–Crippen MR) is 109 cm³/mol. The number of methoxy groups -OCH3 is 2. The van der Waals surface area contributed by atoms with Crippen molar-refractivity contribution < 1.29 is 19.1 Å². The first-order chi connectivity index (χ1) is 13.4. The minimum absolute atomic E-state index is 0.0732. The first-order valence-corrected chi connectivity index (χ1v) is 9.15. The van der Waals surface area contributed by atoms with Crippen molar-refractivity contribution in [2.45, 2.75) is 19.4 Å². The molecule has 3 rings (SSSR count). The van der Waals surface area contributed by atoms with Gasteiger partial charge in [0.25, 0.3) is 0 Å². The summed E-state index contributed by atoms with van der Waals surface area (Å²) in [5, 5.41) is 6.15. The van der Waals surface area contributed by atoms with Crippen LogP contribution < -0.4 is 25.0 Å². The zero-order valence-electron chi connectivity index (χ0n) is 15.9. The molecule has 7 nitrogen and oxygen atoms in total. The summed E-state index contributed by atoms with van der Waals surface area (Å²) >= 11 is 6.08. The number of anilines is 2. The van der Waals surface area contributed by atoms with Crippen LogP contribution in [0.1, 0.15) is 12.0 Å². The van der Waals surface area contributed by atoms with Crippen molar-refractivity contribution in [2.24, 2.45) is 0 Å². The maximum absolute atomic E-state index is 12.4. The molecule has 0 spiro atoms. The number of carbonyl (C=O) groups is 2. The molecule has 0 radical (unpaired) electrons. The lowest BCUT2D eigenvalue weighted by molar-refractivity contribution is -0.117. The van der Waals surface area contributed by atoms with Crippen LogP contribution in [-0.4, -0.2) is 38.7 Å². The normalized spacial score (nSPS) is 16.1. The summed E-state index contributed by atoms with van der Waals surface area (Å²) in [6.45, 7) is 2.26. The second-order valence-electron chi connectivity index (χ2n) is 6.51. The maximum atomic E-state index is 12.4. The molecule has 0 aromatic heterocycles. The highest BCUT2D eigenvalue weighted by molar-refractivity contribution is 6.31. The van der Waals surface area contributed by atoms with Crippen molar-refractivity contribution in [3.05, 3.63) is 47.0 Å². The average Bonchev–Trinajstić information content (AvgIpc) is 3.04. The molecule has 2 aromatic rings. The SMILES string of the molecule is COc1ccc(N2CC(NC(=O)Nc3ccc(C)c(Cl)c3)CC2=O)cc1OC. The number of benzene rings is 2. The number of hydrogen-bond acceptors (Lipinski definition) is 4. The number of amides is 3. The van der Waals surface area contributed by atoms with E-state index in [4.69, 9.17) is 21.1 Å². The molecule has 1 fully saturated rings. The van der Waals surface area contributed by atoms with Crippen molar-refractivity contribution >= 4 is 34.9 Å². The fraction of sp³-hybridized carbons (Fsp3) is 0.300. The molecule has 2 aromatic carbocycles. The molecule has 2 N–H and O–H groups in total. The van der Waals surface area contributed by atoms with Gasteiger partial charge in [0.05, 0.1) is 20.3 Å². The van der Waals surface area contributed by atoms with Crippen molar-refractivity contribution in [3.8, 4) is 11.5 Å². The van der Waals surface area contributed by atoms with Gasteiger partial charge in [0.1, 0.15) is 0 Å². The van der Waals surface area contributed by atoms with Gasteiger partial charge in [0.15, 0.2) is 11.5 Å². The predicted octanol–water partition coefficient (Wildman–Crippen LogP) is 3.59. The van der Waals surface area contributed by atoms with Gasteiger partial charge < -0.3 is 25.0 Å². The highest BCUT2D eigenvalue weighted by Gasteiger charge is 2.32. The van der Waals surface area contributed by atoms with Gasteiger partial charge in [-0.1, -0.05) is 17.7 Å². The monoisotopic (exact) mass is 403 g/mol. The minimum Gasteiger partial charge on any atom is -0.493 e. The smallest absolute Gasteiger partial charge is 0.319 e. The first kappa shape index (κ1) is 19.8. The molecule has 1 saturated heterocycles. The highest BCUT2D eigenvalue weighted by atomic mass is 35.5. The third-order valence-electron chi connectivity index (χ3n) is 4.57. The van der Waals surface area contributed by atoms with Crippen LogP contribution in [0.5, 0.6) is 11.5 Å². The van der Waals surface area contributed by atoms with Crippen molar-refractivity contribution in [1.82, 2.24) is 5.32 Å². The third-order valence-corrected chi connectivity index (χ3v) is 4.98. The Morgan fingerprint density at radius 1 is 1.14 bits per heavy atom. The van der Waals surface area contributed by atoms with E-state index >= 15 is 0 Å². The quantitative estimate of drug-likeness (QED) is 0.799. The van der Waals surface area contributed by atoms with Crippen LogP contribution in [0.25, 0.3) is 0 Å². The number of carbonyl (C=O) groups excluding carboxylic acids is 2. The van der Waals surface area contributed by atoms with Crippen LogP contribution >= 0.6 is 11.6 Å². The van der Waals surface area contributed by atoms with Crippen LogP contribution in [0, 0.1) is 6.92 Å². The maximum Gasteiger partial charge on any atom is 0.319 e. The number of urea groups is 1. The molecule has 8 heteroatoms. The number of ether oxygens (including phenoxy) is 2. The zero-order chi connectivity index (χ0) is 20.3. The number of nitrogens with one attached hydrogen (secondary N) is 2. The van der Waals surface area contributed by atoms with Crippen LogP contribution in [0.3, 0.4) is 0 Å². The van der Waals surface area contributed by atoms with E-state index in [1.165, 1.54) is 0 Å². The van der Waals surface area contributed by atoms with Crippen molar-refractivity contribution in [2.75, 3.05) is 31.0 Å². The summed E-state index contributed by atoms with van der Waals surface area (Å²) in [6.07, 6.45) is 0.219. The molecule has 1 aliphatic rings. The second-order valence-corrected chi connectivity index (χ2v) is 6.91. The molecule has 148 valence electrons. The molecule has 0 aliphatic carbocycles. The van der Waals surface area contributed by atoms with E-state index in [-0.39, 0.29) is 24.4 Å². The standard InChI is InChI=1S/C20H22ClN3O4/c1-12-4-5-13(8-16(12)21)22-20(26)23-14-9-19(25)24(11-14)15-6-7-17(27-2)18(10-15)28-3/h4-8,10,14H,9,11H2,1-3H3,(H2,22,23,26). The molecule has 1 unspecified atom stereocenters. The number of halogens is 1. The van der Waals surface area contributed by atoms with Crippen LogP contribution in [0.4, 0.5) is 16.2 Å². The Morgan fingerprint density at radius 3 is 2.57 bits per heavy atom. The van der Waals surface area contributed by atoms with Gasteiger partial charge in [-0.05, 0) is 36.8 Å². The number of nitrogens with zero attached hydrogens (tertiary/aromatic N) is 1. The largest absolute Gasteiger partial charge is 0.493 e. The molecule has 1 heterocycles. The molecule has 1 aliphatic heterocycles. The summed E-state index contributed by atoms with van der Waals surface area (Å²) in [7, 11) is 3.10. The lowest BCUT2D eigenvalue weighted by Gasteiger charge is -2.19. The van der Waals surface area contributed by atoms with Gasteiger partial charge in [0.2, 0.25) is 5.91 Å². The molecular weight excluding hydrogens is 382 g/mol. The van der Waals surface area contributed by atoms with E-state index in [1.54, 1.807) is 49.5 Å². The Morgan fingerprint density at radius 2 is 1.89 bits per heavy atom. The van der Waals surface area contributed by atoms with Gasteiger partial charge in [-0.25, -0.2) is 4.79 Å². The summed E-state index contributed by atoms with van der Waals surface area (Å²) in [4.78, 5) is 26.3. The summed E-state index contributed by atoms with van der Waals surface area (Å²) in [6, 6.07) is 9.88. The van der Waals surface area contributed by atoms with Gasteiger partial charge in [-0.3, -0.25) is 4.79 Å². The topological polar surface area (TPSA) is 79.9 Å². The van der Waals surface area contributed by atoms with E-state index < -0.39 is 0 Å². The second kappa shape index (κ2) is 8.39. The molecule has 0 saturated carbocycles. The third kappa shape index (κ3) is 4.31. The molecule has 1 atom stereocenters. The van der Waals surface area contributed by atoms with E-state index in [2.05, 4.69) is 10.6 Å². The summed E-state index contributed by atoms with van der Waals surface area (Å²) in [5.41, 5.74) is 2.21. The Hall–Kier alpha value is -2.93. The Labute approximate surface area is 168 Å². The molecule has 28 heavy (non-hydrogen) atoms. The fourth-order valence-corrected chi connectivity index (χ4v) is 3.25. The van der Waals surface area contributed by atoms with Gasteiger partial charge in [-0.15, -0.1) is 0 Å². The molecular formula is C20H22ClN3O4. The molecule has 3 amide bonds. The Balaban J connectivity index is 1.64. The van der Waals surface area contributed by atoms with E-state index in [0.29, 0.717) is 34.4 Å². The van der Waals surface area contributed by atoms with Gasteiger partial charge >= 0.3 is 6.03 Å². The van der Waals surface area contributed by atoms with Gasteiger partial charge in [-0.2, -0.15) is 0 Å². The number of hydrogen-bond donors (Lipinski definition) is 2. The van der Waals surface area contributed by atoms with Crippen molar-refractivity contribution in [3.63, 3.8) is 0 Å². The molecule has 0 bridgehead atoms. The zero-order valence-corrected chi connectivity index (χ0v) is 16.7.